The van der Waals surface area contributed by atoms with Crippen molar-refractivity contribution in [2.24, 2.45) is 5.73 Å². The Hall–Kier alpha value is -0.160. The first-order valence-corrected chi connectivity index (χ1v) is 5.00. The molecule has 0 aliphatic carbocycles. The van der Waals surface area contributed by atoms with E-state index < -0.39 is 0 Å². The van der Waals surface area contributed by atoms with Crippen LogP contribution in [0.3, 0.4) is 0 Å². The number of hydrogen-bond donors (Lipinski definition) is 2. The van der Waals surface area contributed by atoms with E-state index in [2.05, 4.69) is 4.90 Å². The van der Waals surface area contributed by atoms with Crippen molar-refractivity contribution in [1.82, 2.24) is 4.90 Å². The summed E-state index contributed by atoms with van der Waals surface area (Å²) in [7, 11) is 0. The Labute approximate surface area is 79.7 Å². The number of β-amino-alcohol motifs (C(OH)–C–C–N with tert-alkyl or cyclic N) is 1. The van der Waals surface area contributed by atoms with Gasteiger partial charge in [0, 0.05) is 19.7 Å². The van der Waals surface area contributed by atoms with Crippen LogP contribution in [0, 0.1) is 0 Å². The second-order valence-corrected chi connectivity index (χ2v) is 3.46. The third-order valence-corrected chi connectivity index (χ3v) is 2.37. The molecule has 0 amide bonds. The molecule has 1 aliphatic rings. The average Bonchev–Trinajstić information content (AvgIpc) is 2.45. The van der Waals surface area contributed by atoms with Crippen LogP contribution < -0.4 is 5.73 Å². The predicted molar refractivity (Wildman–Crippen MR) is 51.5 cm³/mol. The molecule has 3 N–H and O–H groups in total. The van der Waals surface area contributed by atoms with Gasteiger partial charge in [0.25, 0.3) is 0 Å². The molecule has 1 heterocycles. The summed E-state index contributed by atoms with van der Waals surface area (Å²) in [5, 5.41) is 9.59. The van der Waals surface area contributed by atoms with Gasteiger partial charge in [-0.15, -0.1) is 0 Å². The van der Waals surface area contributed by atoms with Crippen LogP contribution in [0.2, 0.25) is 0 Å². The Morgan fingerprint density at radius 1 is 1.54 bits per heavy atom. The summed E-state index contributed by atoms with van der Waals surface area (Å²) in [5.74, 6) is 0. The molecule has 0 spiro atoms. The first kappa shape index (κ1) is 10.9. The average molecular weight is 188 g/mol. The topological polar surface area (TPSA) is 58.7 Å². The van der Waals surface area contributed by atoms with Crippen molar-refractivity contribution in [3.8, 4) is 0 Å². The molecule has 78 valence electrons. The van der Waals surface area contributed by atoms with Gasteiger partial charge in [-0.3, -0.25) is 4.90 Å². The normalized spacial score (nSPS) is 29.8. The third-order valence-electron chi connectivity index (χ3n) is 2.37. The van der Waals surface area contributed by atoms with Crippen LogP contribution in [-0.4, -0.2) is 55.0 Å². The van der Waals surface area contributed by atoms with Crippen LogP contribution in [0.4, 0.5) is 0 Å². The maximum atomic E-state index is 9.59. The Kier molecular flexibility index (Phi) is 4.66. The monoisotopic (exact) mass is 188 g/mol. The van der Waals surface area contributed by atoms with E-state index in [9.17, 15) is 5.11 Å². The van der Waals surface area contributed by atoms with E-state index in [1.54, 1.807) is 0 Å². The zero-order valence-electron chi connectivity index (χ0n) is 8.28. The van der Waals surface area contributed by atoms with Crippen molar-refractivity contribution in [2.75, 3.05) is 32.8 Å². The van der Waals surface area contributed by atoms with Crippen LogP contribution in [0.5, 0.6) is 0 Å². The highest BCUT2D eigenvalue weighted by Crippen LogP contribution is 2.13. The molecular weight excluding hydrogens is 168 g/mol. The van der Waals surface area contributed by atoms with Crippen molar-refractivity contribution in [3.63, 3.8) is 0 Å². The fourth-order valence-corrected chi connectivity index (χ4v) is 1.71. The second kappa shape index (κ2) is 5.54. The first-order valence-electron chi connectivity index (χ1n) is 5.00. The van der Waals surface area contributed by atoms with Gasteiger partial charge in [-0.25, -0.2) is 0 Å². The molecule has 2 unspecified atom stereocenters. The fourth-order valence-electron chi connectivity index (χ4n) is 1.71. The molecule has 4 heteroatoms. The molecule has 4 nitrogen and oxygen atoms in total. The smallest absolute Gasteiger partial charge is 0.0972 e. The van der Waals surface area contributed by atoms with Crippen molar-refractivity contribution < 1.29 is 9.84 Å². The Balaban J connectivity index is 2.23. The molecule has 1 aliphatic heterocycles. The standard InChI is InChI=1S/C9H20N2O2/c1-2-13-9-7-11(5-3-4-10)6-8(9)12/h8-9,12H,2-7,10H2,1H3. The van der Waals surface area contributed by atoms with E-state index in [1.807, 2.05) is 6.92 Å². The number of likely N-dealkylation sites (tertiary alicyclic amines) is 1. The maximum Gasteiger partial charge on any atom is 0.0972 e. The number of ether oxygens (including phenoxy) is 1. The van der Waals surface area contributed by atoms with E-state index in [-0.39, 0.29) is 12.2 Å². The Morgan fingerprint density at radius 3 is 2.92 bits per heavy atom. The number of nitrogens with zero attached hydrogens (tertiary/aromatic N) is 1. The van der Waals surface area contributed by atoms with E-state index in [1.165, 1.54) is 0 Å². The van der Waals surface area contributed by atoms with E-state index in [0.717, 1.165) is 26.1 Å². The fraction of sp³-hybridized carbons (Fsp3) is 1.00. The molecule has 1 fully saturated rings. The number of hydrogen-bond acceptors (Lipinski definition) is 4. The summed E-state index contributed by atoms with van der Waals surface area (Å²) in [6.07, 6.45) is 0.673. The summed E-state index contributed by atoms with van der Waals surface area (Å²) >= 11 is 0. The predicted octanol–water partition coefficient (Wildman–Crippen LogP) is -0.583. The van der Waals surface area contributed by atoms with Gasteiger partial charge in [0.1, 0.15) is 0 Å². The van der Waals surface area contributed by atoms with Gasteiger partial charge in [-0.2, -0.15) is 0 Å². The minimum atomic E-state index is -0.322. The summed E-state index contributed by atoms with van der Waals surface area (Å²) < 4.78 is 5.40. The van der Waals surface area contributed by atoms with Crippen LogP contribution in [-0.2, 0) is 4.74 Å². The zero-order chi connectivity index (χ0) is 9.68. The molecule has 1 saturated heterocycles. The molecule has 0 bridgehead atoms. The van der Waals surface area contributed by atoms with Gasteiger partial charge in [0.2, 0.25) is 0 Å². The van der Waals surface area contributed by atoms with Crippen LogP contribution >= 0.6 is 0 Å². The lowest BCUT2D eigenvalue weighted by Crippen LogP contribution is -2.27. The lowest BCUT2D eigenvalue weighted by atomic mass is 10.3. The van der Waals surface area contributed by atoms with Crippen LogP contribution in [0.15, 0.2) is 0 Å². The van der Waals surface area contributed by atoms with Gasteiger partial charge in [0.05, 0.1) is 12.2 Å². The number of aliphatic hydroxyl groups excluding tert-OH is 1. The minimum absolute atomic E-state index is 0.00257. The van der Waals surface area contributed by atoms with Gasteiger partial charge >= 0.3 is 0 Å². The zero-order valence-corrected chi connectivity index (χ0v) is 8.28. The maximum absolute atomic E-state index is 9.59. The molecule has 0 aromatic carbocycles. The summed E-state index contributed by atoms with van der Waals surface area (Å²) in [4.78, 5) is 2.21. The molecule has 0 aromatic heterocycles. The molecular formula is C9H20N2O2. The minimum Gasteiger partial charge on any atom is -0.389 e. The Bertz CT molecular complexity index is 144. The van der Waals surface area contributed by atoms with Crippen LogP contribution in [0.25, 0.3) is 0 Å². The largest absolute Gasteiger partial charge is 0.389 e. The van der Waals surface area contributed by atoms with Gasteiger partial charge in [-0.05, 0) is 26.4 Å². The summed E-state index contributed by atoms with van der Waals surface area (Å²) in [5.41, 5.74) is 5.41. The quantitative estimate of drug-likeness (QED) is 0.606. The van der Waals surface area contributed by atoms with Gasteiger partial charge < -0.3 is 15.6 Å². The van der Waals surface area contributed by atoms with Gasteiger partial charge in [-0.1, -0.05) is 0 Å². The molecule has 1 rings (SSSR count). The van der Waals surface area contributed by atoms with Crippen LogP contribution in [0.1, 0.15) is 13.3 Å². The third kappa shape index (κ3) is 3.23. The van der Waals surface area contributed by atoms with E-state index in [0.29, 0.717) is 13.2 Å². The second-order valence-electron chi connectivity index (χ2n) is 3.46. The van der Waals surface area contributed by atoms with Crippen molar-refractivity contribution >= 4 is 0 Å². The van der Waals surface area contributed by atoms with Gasteiger partial charge in [0.15, 0.2) is 0 Å². The highest BCUT2D eigenvalue weighted by Gasteiger charge is 2.30. The van der Waals surface area contributed by atoms with Crippen molar-refractivity contribution in [1.29, 1.82) is 0 Å². The Morgan fingerprint density at radius 2 is 2.31 bits per heavy atom. The van der Waals surface area contributed by atoms with E-state index in [4.69, 9.17) is 10.5 Å². The lowest BCUT2D eigenvalue weighted by molar-refractivity contribution is -0.00241. The van der Waals surface area contributed by atoms with E-state index >= 15 is 0 Å². The molecule has 0 saturated carbocycles. The lowest BCUT2D eigenvalue weighted by Gasteiger charge is -2.14. The highest BCUT2D eigenvalue weighted by atomic mass is 16.5. The molecule has 13 heavy (non-hydrogen) atoms. The highest BCUT2D eigenvalue weighted by molar-refractivity contribution is 4.84. The number of rotatable bonds is 5. The molecule has 0 radical (unpaired) electrons. The molecule has 0 aromatic rings. The molecule has 2 atom stereocenters. The number of aliphatic hydroxyl groups is 1. The summed E-state index contributed by atoms with van der Waals surface area (Å²) in [6.45, 7) is 5.88. The first-order chi connectivity index (χ1) is 6.27. The van der Waals surface area contributed by atoms with Crippen molar-refractivity contribution in [3.05, 3.63) is 0 Å². The van der Waals surface area contributed by atoms with Crippen molar-refractivity contribution in [2.45, 2.75) is 25.6 Å². The summed E-state index contributed by atoms with van der Waals surface area (Å²) in [6, 6.07) is 0. The number of nitrogens with two attached hydrogens (primary N) is 1. The SMILES string of the molecule is CCOC1CN(CCCN)CC1O.